The van der Waals surface area contributed by atoms with Gasteiger partial charge in [-0.25, -0.2) is 0 Å². The van der Waals surface area contributed by atoms with Crippen LogP contribution in [0, 0.1) is 0 Å². The Hall–Kier alpha value is -3.61. The standard InChI is InChI=1S/C28H25ClN2O4/c29-22-13-9-20(10-14-22)18-31-24-5-1-2-6-25(24)35-26(28(31)33)16-19-7-11-21(12-8-19)27(32)30-17-23-4-3-15-34-23/h1-2,5-14,16,23H,3-4,15,17-18H2,(H,30,32)/b26-16-. The topological polar surface area (TPSA) is 67.9 Å². The lowest BCUT2D eigenvalue weighted by atomic mass is 10.1. The fraction of sp³-hybridized carbons (Fsp3) is 0.214. The molecule has 3 aromatic carbocycles. The molecule has 6 nitrogen and oxygen atoms in total. The molecule has 2 aliphatic rings. The molecule has 0 spiro atoms. The number of rotatable bonds is 6. The molecule has 1 saturated heterocycles. The van der Waals surface area contributed by atoms with Crippen molar-refractivity contribution >= 4 is 35.2 Å². The van der Waals surface area contributed by atoms with E-state index in [4.69, 9.17) is 21.1 Å². The minimum absolute atomic E-state index is 0.0936. The number of para-hydroxylation sites is 2. The van der Waals surface area contributed by atoms with E-state index in [1.54, 1.807) is 35.2 Å². The van der Waals surface area contributed by atoms with E-state index in [1.807, 2.05) is 48.5 Å². The minimum Gasteiger partial charge on any atom is -0.449 e. The Bertz CT molecular complexity index is 1250. The van der Waals surface area contributed by atoms with Crippen LogP contribution >= 0.6 is 11.6 Å². The van der Waals surface area contributed by atoms with E-state index in [-0.39, 0.29) is 23.7 Å². The molecule has 1 fully saturated rings. The van der Waals surface area contributed by atoms with E-state index in [1.165, 1.54) is 0 Å². The number of nitrogens with zero attached hydrogens (tertiary/aromatic N) is 1. The molecule has 1 unspecified atom stereocenters. The number of amides is 2. The fourth-order valence-electron chi connectivity index (χ4n) is 4.19. The van der Waals surface area contributed by atoms with Gasteiger partial charge in [0.15, 0.2) is 11.5 Å². The first kappa shape index (κ1) is 23.1. The first-order valence-electron chi connectivity index (χ1n) is 11.6. The van der Waals surface area contributed by atoms with Crippen molar-refractivity contribution in [1.29, 1.82) is 0 Å². The van der Waals surface area contributed by atoms with Gasteiger partial charge in [0.25, 0.3) is 11.8 Å². The Morgan fingerprint density at radius 3 is 2.57 bits per heavy atom. The summed E-state index contributed by atoms with van der Waals surface area (Å²) in [5.41, 5.74) is 2.98. The summed E-state index contributed by atoms with van der Waals surface area (Å²) in [6.45, 7) is 1.65. The van der Waals surface area contributed by atoms with Gasteiger partial charge in [0.05, 0.1) is 18.3 Å². The number of carbonyl (C=O) groups is 2. The molecule has 5 rings (SSSR count). The Morgan fingerprint density at radius 1 is 1.06 bits per heavy atom. The molecule has 0 aliphatic carbocycles. The summed E-state index contributed by atoms with van der Waals surface area (Å²) in [4.78, 5) is 27.5. The van der Waals surface area contributed by atoms with Gasteiger partial charge >= 0.3 is 0 Å². The molecule has 2 amide bonds. The highest BCUT2D eigenvalue weighted by atomic mass is 35.5. The number of halogens is 1. The van der Waals surface area contributed by atoms with Gasteiger partial charge in [-0.3, -0.25) is 14.5 Å². The van der Waals surface area contributed by atoms with Crippen molar-refractivity contribution in [3.63, 3.8) is 0 Å². The molecular weight excluding hydrogens is 464 g/mol. The van der Waals surface area contributed by atoms with Gasteiger partial charge in [0, 0.05) is 23.7 Å². The molecule has 35 heavy (non-hydrogen) atoms. The Labute approximate surface area is 209 Å². The zero-order valence-electron chi connectivity index (χ0n) is 19.1. The molecule has 1 N–H and O–H groups in total. The fourth-order valence-corrected chi connectivity index (χ4v) is 4.31. The maximum Gasteiger partial charge on any atom is 0.294 e. The van der Waals surface area contributed by atoms with Crippen LogP contribution in [0.5, 0.6) is 5.75 Å². The molecule has 0 bridgehead atoms. The highest BCUT2D eigenvalue weighted by molar-refractivity contribution is 6.30. The molecule has 1 atom stereocenters. The molecule has 178 valence electrons. The third-order valence-corrected chi connectivity index (χ3v) is 6.32. The number of carbonyl (C=O) groups excluding carboxylic acids is 2. The average Bonchev–Trinajstić information content (AvgIpc) is 3.40. The SMILES string of the molecule is O=C(NCC1CCCO1)c1ccc(/C=C2\Oc3ccccc3N(Cc3ccc(Cl)cc3)C2=O)cc1. The lowest BCUT2D eigenvalue weighted by molar-refractivity contribution is -0.117. The minimum atomic E-state index is -0.239. The van der Waals surface area contributed by atoms with Gasteiger partial charge in [-0.15, -0.1) is 0 Å². The highest BCUT2D eigenvalue weighted by Crippen LogP contribution is 2.36. The van der Waals surface area contributed by atoms with E-state index in [9.17, 15) is 9.59 Å². The summed E-state index contributed by atoms with van der Waals surface area (Å²) in [5, 5.41) is 3.56. The van der Waals surface area contributed by atoms with Gasteiger partial charge in [-0.2, -0.15) is 0 Å². The van der Waals surface area contributed by atoms with Gasteiger partial charge in [-0.1, -0.05) is 48.0 Å². The average molecular weight is 489 g/mol. The third kappa shape index (κ3) is 5.39. The van der Waals surface area contributed by atoms with Crippen molar-refractivity contribution < 1.29 is 19.1 Å². The van der Waals surface area contributed by atoms with Gasteiger partial charge in [0.1, 0.15) is 0 Å². The predicted octanol–water partition coefficient (Wildman–Crippen LogP) is 5.22. The van der Waals surface area contributed by atoms with E-state index in [0.29, 0.717) is 35.1 Å². The molecule has 2 aliphatic heterocycles. The zero-order chi connectivity index (χ0) is 24.2. The van der Waals surface area contributed by atoms with Crippen LogP contribution in [0.1, 0.15) is 34.3 Å². The van der Waals surface area contributed by atoms with Crippen molar-refractivity contribution in [2.24, 2.45) is 0 Å². The molecule has 2 heterocycles. The number of benzene rings is 3. The Kier molecular flexibility index (Phi) is 6.84. The van der Waals surface area contributed by atoms with Crippen LogP contribution in [-0.2, 0) is 16.1 Å². The molecule has 3 aromatic rings. The highest BCUT2D eigenvalue weighted by Gasteiger charge is 2.30. The second kappa shape index (κ2) is 10.3. The van der Waals surface area contributed by atoms with Gasteiger partial charge in [0.2, 0.25) is 0 Å². The quantitative estimate of drug-likeness (QED) is 0.483. The monoisotopic (exact) mass is 488 g/mol. The van der Waals surface area contributed by atoms with Crippen LogP contribution < -0.4 is 15.0 Å². The van der Waals surface area contributed by atoms with Crippen LogP contribution in [-0.4, -0.2) is 31.1 Å². The molecule has 0 radical (unpaired) electrons. The summed E-state index contributed by atoms with van der Waals surface area (Å²) >= 11 is 6.02. The Balaban J connectivity index is 1.33. The van der Waals surface area contributed by atoms with Gasteiger partial charge < -0.3 is 14.8 Å². The first-order chi connectivity index (χ1) is 17.1. The maximum absolute atomic E-state index is 13.4. The van der Waals surface area contributed by atoms with Crippen LogP contribution in [0.2, 0.25) is 5.02 Å². The van der Waals surface area contributed by atoms with Crippen molar-refractivity contribution in [2.45, 2.75) is 25.5 Å². The van der Waals surface area contributed by atoms with Crippen molar-refractivity contribution in [2.75, 3.05) is 18.1 Å². The van der Waals surface area contributed by atoms with Crippen LogP contribution in [0.4, 0.5) is 5.69 Å². The van der Waals surface area contributed by atoms with E-state index >= 15 is 0 Å². The number of ether oxygens (including phenoxy) is 2. The summed E-state index contributed by atoms with van der Waals surface area (Å²) < 4.78 is 11.5. The summed E-state index contributed by atoms with van der Waals surface area (Å²) in [5.74, 6) is 0.440. The molecular formula is C28H25ClN2O4. The number of hydrogen-bond acceptors (Lipinski definition) is 4. The number of hydrogen-bond donors (Lipinski definition) is 1. The Morgan fingerprint density at radius 2 is 1.83 bits per heavy atom. The van der Waals surface area contributed by atoms with Crippen molar-refractivity contribution in [1.82, 2.24) is 5.32 Å². The smallest absolute Gasteiger partial charge is 0.294 e. The summed E-state index contributed by atoms with van der Waals surface area (Å²) in [6.07, 6.45) is 3.79. The maximum atomic E-state index is 13.4. The van der Waals surface area contributed by atoms with E-state index in [2.05, 4.69) is 5.32 Å². The van der Waals surface area contributed by atoms with Crippen LogP contribution in [0.25, 0.3) is 6.08 Å². The zero-order valence-corrected chi connectivity index (χ0v) is 19.8. The van der Waals surface area contributed by atoms with E-state index in [0.717, 1.165) is 30.6 Å². The molecule has 7 heteroatoms. The van der Waals surface area contributed by atoms with Crippen molar-refractivity contribution in [3.05, 3.63) is 100 Å². The largest absolute Gasteiger partial charge is 0.449 e. The van der Waals surface area contributed by atoms with Crippen LogP contribution in [0.15, 0.2) is 78.6 Å². The lowest BCUT2D eigenvalue weighted by Crippen LogP contribution is -2.36. The number of anilines is 1. The van der Waals surface area contributed by atoms with Gasteiger partial charge in [-0.05, 0) is 66.4 Å². The second-order valence-electron chi connectivity index (χ2n) is 8.56. The lowest BCUT2D eigenvalue weighted by Gasteiger charge is -2.30. The predicted molar refractivity (Wildman–Crippen MR) is 135 cm³/mol. The number of fused-ring (bicyclic) bond motifs is 1. The third-order valence-electron chi connectivity index (χ3n) is 6.07. The first-order valence-corrected chi connectivity index (χ1v) is 12.0. The van der Waals surface area contributed by atoms with Crippen LogP contribution in [0.3, 0.4) is 0 Å². The summed E-state index contributed by atoms with van der Waals surface area (Å²) in [6, 6.07) is 22.0. The van der Waals surface area contributed by atoms with E-state index < -0.39 is 0 Å². The second-order valence-corrected chi connectivity index (χ2v) is 9.00. The molecule has 0 aromatic heterocycles. The van der Waals surface area contributed by atoms with Crippen molar-refractivity contribution in [3.8, 4) is 5.75 Å². The summed E-state index contributed by atoms with van der Waals surface area (Å²) in [7, 11) is 0. The number of nitrogens with one attached hydrogen (secondary N) is 1. The molecule has 0 saturated carbocycles. The normalized spacial score (nSPS) is 18.3.